The quantitative estimate of drug-likeness (QED) is 0.171. The zero-order chi connectivity index (χ0) is 37.9. The fraction of sp³-hybridized carbons (Fsp3) is 0. The van der Waals surface area contributed by atoms with Crippen LogP contribution in [0.1, 0.15) is 1.37 Å². The minimum atomic E-state index is 0.472. The molecule has 0 aliphatic rings. The number of para-hydroxylation sites is 2. The van der Waals surface area contributed by atoms with E-state index in [1.807, 2.05) is 36.4 Å². The minimum Gasteiger partial charge on any atom is -0.309 e. The highest BCUT2D eigenvalue weighted by Crippen LogP contribution is 2.40. The van der Waals surface area contributed by atoms with Gasteiger partial charge in [0.1, 0.15) is 0 Å². The summed E-state index contributed by atoms with van der Waals surface area (Å²) in [6.45, 7) is 0. The second-order valence-electron chi connectivity index (χ2n) is 13.9. The first-order valence-corrected chi connectivity index (χ1v) is 19.5. The highest BCUT2D eigenvalue weighted by Gasteiger charge is 2.19. The molecule has 0 saturated carbocycles. The molecular formula is C51H32N4S. The van der Waals surface area contributed by atoms with Crippen LogP contribution >= 0.6 is 11.3 Å². The smallest absolute Gasteiger partial charge is 0.165 e. The Balaban J connectivity index is 1.04. The van der Waals surface area contributed by atoms with E-state index in [0.717, 1.165) is 49.3 Å². The molecule has 56 heavy (non-hydrogen) atoms. The summed E-state index contributed by atoms with van der Waals surface area (Å²) in [6.07, 6.45) is 0. The standard InChI is InChI=1S/C51H32N4S/c1-2-14-34(15-3-1)38-18-4-5-22-43(38)50-52-49(53-51(54-50)44-24-13-23-42-41-21-8-11-27-47(41)56-48(42)44)35-30-28-33(29-31-35)36-16-12-17-37(32-36)55-45-25-9-6-19-39(45)40-20-7-10-26-46(40)55/h1-32H/i1D. The predicted octanol–water partition coefficient (Wildman–Crippen LogP) is 13.7. The maximum atomic E-state index is 8.06. The van der Waals surface area contributed by atoms with Crippen LogP contribution in [0.3, 0.4) is 0 Å². The molecule has 0 bridgehead atoms. The van der Waals surface area contributed by atoms with Crippen molar-refractivity contribution in [1.82, 2.24) is 19.5 Å². The van der Waals surface area contributed by atoms with Gasteiger partial charge in [0, 0.05) is 53.3 Å². The van der Waals surface area contributed by atoms with Crippen LogP contribution in [0.5, 0.6) is 0 Å². The molecule has 4 nitrogen and oxygen atoms in total. The third-order valence-corrected chi connectivity index (χ3v) is 11.9. The molecule has 5 heteroatoms. The second kappa shape index (κ2) is 13.3. The Bertz CT molecular complexity index is 3260. The monoisotopic (exact) mass is 733 g/mol. The minimum absolute atomic E-state index is 0.472. The van der Waals surface area contributed by atoms with E-state index in [-0.39, 0.29) is 0 Å². The normalized spacial score (nSPS) is 11.8. The first-order valence-electron chi connectivity index (χ1n) is 19.2. The molecule has 3 heterocycles. The molecule has 11 rings (SSSR count). The van der Waals surface area contributed by atoms with Crippen LogP contribution in [0.15, 0.2) is 194 Å². The lowest BCUT2D eigenvalue weighted by Gasteiger charge is -2.13. The Hall–Kier alpha value is -7.21. The van der Waals surface area contributed by atoms with Gasteiger partial charge in [-0.15, -0.1) is 11.3 Å². The zero-order valence-electron chi connectivity index (χ0n) is 31.1. The van der Waals surface area contributed by atoms with Crippen molar-refractivity contribution in [3.05, 3.63) is 194 Å². The summed E-state index contributed by atoms with van der Waals surface area (Å²) in [5.74, 6) is 1.84. The van der Waals surface area contributed by atoms with Gasteiger partial charge in [0.2, 0.25) is 0 Å². The van der Waals surface area contributed by atoms with Gasteiger partial charge in [0.05, 0.1) is 12.4 Å². The molecular weight excluding hydrogens is 701 g/mol. The lowest BCUT2D eigenvalue weighted by molar-refractivity contribution is 1.08. The van der Waals surface area contributed by atoms with Crippen molar-refractivity contribution >= 4 is 53.3 Å². The molecule has 0 N–H and O–H groups in total. The van der Waals surface area contributed by atoms with Gasteiger partial charge in [-0.2, -0.15) is 0 Å². The van der Waals surface area contributed by atoms with Crippen molar-refractivity contribution in [3.63, 3.8) is 0 Å². The lowest BCUT2D eigenvalue weighted by atomic mass is 9.99. The first kappa shape index (κ1) is 31.2. The Morgan fingerprint density at radius 2 is 0.946 bits per heavy atom. The molecule has 11 aromatic rings. The largest absolute Gasteiger partial charge is 0.309 e. The van der Waals surface area contributed by atoms with Gasteiger partial charge < -0.3 is 4.57 Å². The van der Waals surface area contributed by atoms with Crippen LogP contribution < -0.4 is 0 Å². The van der Waals surface area contributed by atoms with Gasteiger partial charge >= 0.3 is 0 Å². The van der Waals surface area contributed by atoms with Crippen molar-refractivity contribution in [2.24, 2.45) is 0 Å². The topological polar surface area (TPSA) is 43.6 Å². The molecule has 0 saturated heterocycles. The molecule has 0 amide bonds. The lowest BCUT2D eigenvalue weighted by Crippen LogP contribution is -2.01. The molecule has 0 spiro atoms. The van der Waals surface area contributed by atoms with E-state index in [1.165, 1.54) is 37.3 Å². The molecule has 0 unspecified atom stereocenters. The summed E-state index contributed by atoms with van der Waals surface area (Å²) in [5.41, 5.74) is 10.5. The second-order valence-corrected chi connectivity index (χ2v) is 15.0. The van der Waals surface area contributed by atoms with Crippen molar-refractivity contribution in [2.45, 2.75) is 0 Å². The summed E-state index contributed by atoms with van der Waals surface area (Å²) >= 11 is 1.77. The van der Waals surface area contributed by atoms with Crippen molar-refractivity contribution in [2.75, 3.05) is 0 Å². The van der Waals surface area contributed by atoms with Crippen LogP contribution in [0, 0.1) is 0 Å². The zero-order valence-corrected chi connectivity index (χ0v) is 30.9. The van der Waals surface area contributed by atoms with E-state index in [9.17, 15) is 0 Å². The summed E-state index contributed by atoms with van der Waals surface area (Å²) in [4.78, 5) is 15.6. The van der Waals surface area contributed by atoms with Gasteiger partial charge in [0.25, 0.3) is 0 Å². The average Bonchev–Trinajstić information content (AvgIpc) is 3.83. The number of thiophene rings is 1. The Labute approximate surface area is 329 Å². The highest BCUT2D eigenvalue weighted by molar-refractivity contribution is 7.26. The molecule has 0 aliphatic heterocycles. The van der Waals surface area contributed by atoms with Gasteiger partial charge in [-0.3, -0.25) is 0 Å². The molecule has 262 valence electrons. The van der Waals surface area contributed by atoms with Crippen molar-refractivity contribution in [1.29, 1.82) is 0 Å². The summed E-state index contributed by atoms with van der Waals surface area (Å²) in [5, 5.41) is 4.92. The van der Waals surface area contributed by atoms with Gasteiger partial charge in [-0.1, -0.05) is 158 Å². The van der Waals surface area contributed by atoms with Gasteiger partial charge in [-0.25, -0.2) is 15.0 Å². The van der Waals surface area contributed by atoms with E-state index >= 15 is 0 Å². The summed E-state index contributed by atoms with van der Waals surface area (Å²) in [6, 6.07) is 65.7. The van der Waals surface area contributed by atoms with Crippen LogP contribution in [-0.4, -0.2) is 19.5 Å². The highest BCUT2D eigenvalue weighted by atomic mass is 32.1. The van der Waals surface area contributed by atoms with E-state index in [4.69, 9.17) is 16.3 Å². The fourth-order valence-electron chi connectivity index (χ4n) is 8.00. The number of hydrogen-bond donors (Lipinski definition) is 0. The van der Waals surface area contributed by atoms with E-state index < -0.39 is 0 Å². The third kappa shape index (κ3) is 5.40. The molecule has 0 radical (unpaired) electrons. The maximum absolute atomic E-state index is 8.06. The van der Waals surface area contributed by atoms with Crippen LogP contribution in [0.2, 0.25) is 0 Å². The van der Waals surface area contributed by atoms with Crippen LogP contribution in [-0.2, 0) is 0 Å². The van der Waals surface area contributed by atoms with Gasteiger partial charge in [0.15, 0.2) is 17.5 Å². The Morgan fingerprint density at radius 3 is 1.71 bits per heavy atom. The van der Waals surface area contributed by atoms with E-state index in [1.54, 1.807) is 11.3 Å². The summed E-state index contributed by atoms with van der Waals surface area (Å²) < 4.78 is 12.8. The number of aromatic nitrogens is 4. The Kier molecular flexibility index (Phi) is 7.39. The number of rotatable bonds is 6. The number of nitrogens with zero attached hydrogens (tertiary/aromatic N) is 4. The number of fused-ring (bicyclic) bond motifs is 6. The molecule has 0 aliphatic carbocycles. The molecule has 0 atom stereocenters. The van der Waals surface area contributed by atoms with Crippen molar-refractivity contribution in [3.8, 4) is 62.1 Å². The van der Waals surface area contributed by atoms with Crippen LogP contribution in [0.25, 0.3) is 104 Å². The van der Waals surface area contributed by atoms with E-state index in [2.05, 4.69) is 156 Å². The SMILES string of the molecule is [2H]c1ccc(-c2ccccc2-c2nc(-c3ccc(-c4cccc(-n5c6ccccc6c6ccccc65)c4)cc3)nc(-c3cccc4c3sc3ccccc34)n2)cc1. The maximum Gasteiger partial charge on any atom is 0.165 e. The van der Waals surface area contributed by atoms with E-state index in [0.29, 0.717) is 23.5 Å². The Morgan fingerprint density at radius 1 is 0.393 bits per heavy atom. The molecule has 0 fully saturated rings. The fourth-order valence-corrected chi connectivity index (χ4v) is 9.21. The third-order valence-electron chi connectivity index (χ3n) is 10.6. The number of benzene rings is 8. The predicted molar refractivity (Wildman–Crippen MR) is 234 cm³/mol. The summed E-state index contributed by atoms with van der Waals surface area (Å²) in [7, 11) is 0. The van der Waals surface area contributed by atoms with Crippen molar-refractivity contribution < 1.29 is 1.37 Å². The molecule has 3 aromatic heterocycles. The average molecular weight is 734 g/mol. The molecule has 8 aromatic carbocycles. The number of hydrogen-bond acceptors (Lipinski definition) is 4. The first-order chi connectivity index (χ1) is 28.2. The van der Waals surface area contributed by atoms with Crippen LogP contribution in [0.4, 0.5) is 0 Å². The van der Waals surface area contributed by atoms with Gasteiger partial charge in [-0.05, 0) is 58.7 Å².